The molecule has 4 aliphatic carbocycles. The van der Waals surface area contributed by atoms with Crippen molar-refractivity contribution in [3.05, 3.63) is 34.8 Å². The largest absolute Gasteiger partial charge is 0.495 e. The van der Waals surface area contributed by atoms with Crippen molar-refractivity contribution < 1.29 is 9.53 Å². The summed E-state index contributed by atoms with van der Waals surface area (Å²) in [5, 5.41) is 8.48. The minimum absolute atomic E-state index is 0.0376. The maximum atomic E-state index is 13.4. The minimum Gasteiger partial charge on any atom is -0.495 e. The number of hydrogen-bond donors (Lipinski definition) is 3. The molecule has 2 unspecified atom stereocenters. The van der Waals surface area contributed by atoms with Gasteiger partial charge in [-0.25, -0.2) is 9.67 Å². The van der Waals surface area contributed by atoms with Gasteiger partial charge < -0.3 is 10.1 Å². The number of anilines is 1. The predicted octanol–water partition coefficient (Wildman–Crippen LogP) is 3.91. The molecule has 1 heterocycles. The molecule has 3 N–H and O–H groups in total. The highest BCUT2D eigenvalue weighted by atomic mass is 35.5. The van der Waals surface area contributed by atoms with Gasteiger partial charge in [0.05, 0.1) is 23.8 Å². The van der Waals surface area contributed by atoms with Gasteiger partial charge in [-0.2, -0.15) is 0 Å². The van der Waals surface area contributed by atoms with Crippen LogP contribution in [0.5, 0.6) is 5.75 Å². The molecular weight excluding hydrogens is 471 g/mol. The quantitative estimate of drug-likeness (QED) is 0.438. The molecule has 4 aliphatic rings. The normalized spacial score (nSPS) is 30.1. The summed E-state index contributed by atoms with van der Waals surface area (Å²) in [5.74, 6) is 1.54. The van der Waals surface area contributed by atoms with Gasteiger partial charge in [0, 0.05) is 5.02 Å². The fourth-order valence-corrected chi connectivity index (χ4v) is 6.86. The number of hydrazine groups is 1. The Morgan fingerprint density at radius 2 is 1.97 bits per heavy atom. The Bertz CT molecular complexity index is 1060. The van der Waals surface area contributed by atoms with E-state index in [0.717, 1.165) is 32.1 Å². The molecule has 4 saturated carbocycles. The highest BCUT2D eigenvalue weighted by Gasteiger charge is 2.61. The Labute approximate surface area is 201 Å². The highest BCUT2D eigenvalue weighted by molar-refractivity contribution is 7.80. The molecule has 8 nitrogen and oxygen atoms in total. The van der Waals surface area contributed by atoms with E-state index in [1.807, 2.05) is 4.68 Å². The number of amides is 1. The first kappa shape index (κ1) is 21.7. The standard InChI is InChI=1S/C21H24Cl2N6O2S/c1-31-16-3-2-14(22)5-15(16)25-19(32)27-26-17(30)20-6-12-4-13(7-20)9-21(8-12,10-20)29-11-24-18(23)28-29/h2-3,5,11-13H,4,6-10H2,1H3,(H,26,30)(H2,25,27,32). The number of rotatable bonds is 4. The van der Waals surface area contributed by atoms with Crippen LogP contribution in [0, 0.1) is 17.3 Å². The molecule has 0 radical (unpaired) electrons. The van der Waals surface area contributed by atoms with E-state index in [0.29, 0.717) is 28.3 Å². The second-order valence-electron chi connectivity index (χ2n) is 9.30. The molecule has 11 heteroatoms. The molecule has 32 heavy (non-hydrogen) atoms. The van der Waals surface area contributed by atoms with Crippen molar-refractivity contribution in [1.29, 1.82) is 0 Å². The van der Waals surface area contributed by atoms with Gasteiger partial charge in [0.1, 0.15) is 12.1 Å². The lowest BCUT2D eigenvalue weighted by atomic mass is 9.46. The van der Waals surface area contributed by atoms with Gasteiger partial charge in [0.2, 0.25) is 11.2 Å². The van der Waals surface area contributed by atoms with Crippen molar-refractivity contribution in [2.75, 3.05) is 12.4 Å². The SMILES string of the molecule is COc1ccc(Cl)cc1NC(=S)NNC(=O)C12CC3CC(C1)CC(n1cnc(Cl)n1)(C3)C2. The first-order valence-electron chi connectivity index (χ1n) is 10.6. The van der Waals surface area contributed by atoms with Gasteiger partial charge in [-0.15, -0.1) is 5.10 Å². The van der Waals surface area contributed by atoms with Crippen molar-refractivity contribution in [2.24, 2.45) is 17.3 Å². The maximum absolute atomic E-state index is 13.4. The van der Waals surface area contributed by atoms with Crippen molar-refractivity contribution in [3.8, 4) is 5.75 Å². The van der Waals surface area contributed by atoms with Crippen LogP contribution in [0.15, 0.2) is 24.5 Å². The Kier molecular flexibility index (Phi) is 5.46. The topological polar surface area (TPSA) is 93.1 Å². The Balaban J connectivity index is 1.28. The van der Waals surface area contributed by atoms with Gasteiger partial charge in [-0.05, 0) is 92.4 Å². The number of nitrogens with zero attached hydrogens (tertiary/aromatic N) is 3. The molecular formula is C21H24Cl2N6O2S. The number of benzene rings is 1. The van der Waals surface area contributed by atoms with Gasteiger partial charge in [-0.3, -0.25) is 15.6 Å². The van der Waals surface area contributed by atoms with Crippen LogP contribution in [0.3, 0.4) is 0 Å². The van der Waals surface area contributed by atoms with Gasteiger partial charge in [-0.1, -0.05) is 11.6 Å². The number of halogens is 2. The van der Waals surface area contributed by atoms with E-state index in [1.165, 1.54) is 6.42 Å². The lowest BCUT2D eigenvalue weighted by Gasteiger charge is -2.60. The molecule has 1 aromatic carbocycles. The number of carbonyl (C=O) groups excluding carboxylic acids is 1. The first-order valence-corrected chi connectivity index (χ1v) is 11.8. The number of hydrogen-bond acceptors (Lipinski definition) is 5. The summed E-state index contributed by atoms with van der Waals surface area (Å²) in [4.78, 5) is 17.6. The van der Waals surface area contributed by atoms with Crippen LogP contribution >= 0.6 is 35.4 Å². The monoisotopic (exact) mass is 494 g/mol. The molecule has 2 aromatic rings. The van der Waals surface area contributed by atoms with E-state index >= 15 is 0 Å². The summed E-state index contributed by atoms with van der Waals surface area (Å²) in [6.45, 7) is 0. The fraction of sp³-hybridized carbons (Fsp3) is 0.524. The van der Waals surface area contributed by atoms with E-state index in [4.69, 9.17) is 40.2 Å². The number of carbonyl (C=O) groups is 1. The Morgan fingerprint density at radius 1 is 1.22 bits per heavy atom. The van der Waals surface area contributed by atoms with Crippen LogP contribution in [0.4, 0.5) is 5.69 Å². The van der Waals surface area contributed by atoms with E-state index < -0.39 is 5.41 Å². The third kappa shape index (κ3) is 3.80. The van der Waals surface area contributed by atoms with Crippen LogP contribution in [0.25, 0.3) is 0 Å². The van der Waals surface area contributed by atoms with E-state index in [-0.39, 0.29) is 21.8 Å². The van der Waals surface area contributed by atoms with Crippen LogP contribution in [0.1, 0.15) is 38.5 Å². The zero-order chi connectivity index (χ0) is 22.5. The summed E-state index contributed by atoms with van der Waals surface area (Å²) >= 11 is 17.5. The van der Waals surface area contributed by atoms with Crippen LogP contribution in [-0.2, 0) is 10.3 Å². The van der Waals surface area contributed by atoms with Crippen molar-refractivity contribution in [1.82, 2.24) is 25.6 Å². The molecule has 0 aliphatic heterocycles. The summed E-state index contributed by atoms with van der Waals surface area (Å²) < 4.78 is 7.23. The lowest BCUT2D eigenvalue weighted by Crippen LogP contribution is -2.62. The third-order valence-corrected chi connectivity index (χ3v) is 7.77. The maximum Gasteiger partial charge on any atom is 0.244 e. The average Bonchev–Trinajstić information content (AvgIpc) is 3.18. The molecule has 0 saturated heterocycles. The van der Waals surface area contributed by atoms with E-state index in [1.54, 1.807) is 31.6 Å². The van der Waals surface area contributed by atoms with Crippen molar-refractivity contribution >= 4 is 52.1 Å². The van der Waals surface area contributed by atoms with Gasteiger partial charge >= 0.3 is 0 Å². The molecule has 1 amide bonds. The smallest absolute Gasteiger partial charge is 0.244 e. The zero-order valence-corrected chi connectivity index (χ0v) is 19.9. The molecule has 1 aromatic heterocycles. The number of methoxy groups -OCH3 is 1. The van der Waals surface area contributed by atoms with Crippen LogP contribution in [-0.4, -0.2) is 32.9 Å². The highest BCUT2D eigenvalue weighted by Crippen LogP contribution is 2.64. The molecule has 2 atom stereocenters. The number of thiocarbonyl (C=S) groups is 1. The van der Waals surface area contributed by atoms with Gasteiger partial charge in [0.25, 0.3) is 0 Å². The number of aromatic nitrogens is 3. The van der Waals surface area contributed by atoms with Gasteiger partial charge in [0.15, 0.2) is 5.11 Å². The Hall–Kier alpha value is -2.10. The minimum atomic E-state index is -0.459. The predicted molar refractivity (Wildman–Crippen MR) is 126 cm³/mol. The fourth-order valence-electron chi connectivity index (χ4n) is 6.40. The van der Waals surface area contributed by atoms with Crippen molar-refractivity contribution in [2.45, 2.75) is 44.1 Å². The second kappa shape index (κ2) is 8.04. The summed E-state index contributed by atoms with van der Waals surface area (Å²) in [5.41, 5.74) is 5.65. The molecule has 170 valence electrons. The molecule has 6 rings (SSSR count). The summed E-state index contributed by atoms with van der Waals surface area (Å²) in [6, 6.07) is 5.19. The van der Waals surface area contributed by atoms with Crippen molar-refractivity contribution in [3.63, 3.8) is 0 Å². The van der Waals surface area contributed by atoms with E-state index in [9.17, 15) is 4.79 Å². The van der Waals surface area contributed by atoms with E-state index in [2.05, 4.69) is 26.3 Å². The number of ether oxygens (including phenoxy) is 1. The zero-order valence-electron chi connectivity index (χ0n) is 17.5. The number of nitrogens with one attached hydrogen (secondary N) is 3. The third-order valence-electron chi connectivity index (χ3n) is 7.16. The molecule has 0 spiro atoms. The second-order valence-corrected chi connectivity index (χ2v) is 10.5. The lowest BCUT2D eigenvalue weighted by molar-refractivity contribution is -0.156. The van der Waals surface area contributed by atoms with Crippen LogP contribution < -0.4 is 20.9 Å². The molecule has 4 bridgehead atoms. The average molecular weight is 495 g/mol. The van der Waals surface area contributed by atoms with Crippen LogP contribution in [0.2, 0.25) is 10.3 Å². The molecule has 4 fully saturated rings. The summed E-state index contributed by atoms with van der Waals surface area (Å²) in [6.07, 6.45) is 7.38. The Morgan fingerprint density at radius 3 is 2.62 bits per heavy atom. The first-order chi connectivity index (χ1) is 15.3. The summed E-state index contributed by atoms with van der Waals surface area (Å²) in [7, 11) is 1.57.